The Morgan fingerprint density at radius 2 is 1.28 bits per heavy atom. The number of rotatable bonds is 8. The van der Waals surface area contributed by atoms with Gasteiger partial charge in [-0.15, -0.1) is 0 Å². The van der Waals surface area contributed by atoms with Gasteiger partial charge < -0.3 is 11.1 Å². The van der Waals surface area contributed by atoms with Crippen molar-refractivity contribution < 1.29 is 9.31 Å². The van der Waals surface area contributed by atoms with Crippen LogP contribution in [-0.4, -0.2) is 10.6 Å². The Morgan fingerprint density at radius 3 is 1.74 bits per heavy atom. The molecule has 0 heterocycles. The van der Waals surface area contributed by atoms with Gasteiger partial charge >= 0.3 is 0 Å². The van der Waals surface area contributed by atoms with Crippen LogP contribution in [0.25, 0.3) is 0 Å². The molecule has 4 N–H and O–H groups in total. The van der Waals surface area contributed by atoms with Crippen LogP contribution >= 0.6 is 0 Å². The summed E-state index contributed by atoms with van der Waals surface area (Å²) in [6, 6.07) is 38.0. The normalized spacial score (nSPS) is 11.1. The number of nitrogens with two attached hydrogens (primary N) is 1. The number of anilines is 2. The van der Waals surface area contributed by atoms with Crippen molar-refractivity contribution in [1.29, 1.82) is 5.41 Å². The number of nitrogen functional groups attached to an aromatic ring is 1. The molecule has 0 fully saturated rings. The average Bonchev–Trinajstić information content (AvgIpc) is 2.98. The molecule has 0 atom stereocenters. The second kappa shape index (κ2) is 10.6. The molecule has 5 aromatic carbocycles. The van der Waals surface area contributed by atoms with E-state index in [4.69, 9.17) is 11.1 Å². The van der Waals surface area contributed by atoms with Crippen LogP contribution in [-0.2, 0) is 5.54 Å². The van der Waals surface area contributed by atoms with E-state index in [2.05, 4.69) is 5.32 Å². The van der Waals surface area contributed by atoms with Crippen LogP contribution in [0.15, 0.2) is 127 Å². The summed E-state index contributed by atoms with van der Waals surface area (Å²) in [4.78, 5) is 11.2. The third-order valence-corrected chi connectivity index (χ3v) is 6.71. The molecule has 0 bridgehead atoms. The van der Waals surface area contributed by atoms with E-state index in [1.165, 1.54) is 30.3 Å². The van der Waals surface area contributed by atoms with Crippen LogP contribution in [0.4, 0.5) is 21.5 Å². The highest BCUT2D eigenvalue weighted by Crippen LogP contribution is 2.41. The molecule has 6 nitrogen and oxygen atoms in total. The molecular formula is C32H25FN4O2. The molecule has 0 aliphatic carbocycles. The molecule has 0 aliphatic heterocycles. The second-order valence-corrected chi connectivity index (χ2v) is 9.07. The highest BCUT2D eigenvalue weighted by Gasteiger charge is 2.37. The third kappa shape index (κ3) is 4.85. The fourth-order valence-electron chi connectivity index (χ4n) is 4.80. The van der Waals surface area contributed by atoms with Gasteiger partial charge in [0.15, 0.2) is 0 Å². The predicted octanol–water partition coefficient (Wildman–Crippen LogP) is 7.14. The Kier molecular flexibility index (Phi) is 6.89. The molecule has 0 aliphatic rings. The number of non-ortho nitro benzene ring substituents is 1. The standard InChI is InChI=1S/C32H25FN4O2/c33-28-18-16-22(20-29(28)34)31(35)27-21-26(37(38)39)17-19-30(27)36-32(23-10-4-1-5-11-23,24-12-6-2-7-13-24)25-14-8-3-9-15-25/h1-21,35-36H,34H2. The number of halogens is 1. The molecule has 0 radical (unpaired) electrons. The van der Waals surface area contributed by atoms with Crippen molar-refractivity contribution in [2.24, 2.45) is 0 Å². The summed E-state index contributed by atoms with van der Waals surface area (Å²) in [5.74, 6) is -0.597. The van der Waals surface area contributed by atoms with Gasteiger partial charge in [0.2, 0.25) is 0 Å². The van der Waals surface area contributed by atoms with Crippen LogP contribution < -0.4 is 11.1 Å². The van der Waals surface area contributed by atoms with Gasteiger partial charge in [0.1, 0.15) is 11.4 Å². The van der Waals surface area contributed by atoms with Gasteiger partial charge in [-0.1, -0.05) is 91.0 Å². The van der Waals surface area contributed by atoms with E-state index in [0.717, 1.165) is 16.7 Å². The van der Waals surface area contributed by atoms with E-state index in [9.17, 15) is 14.5 Å². The Morgan fingerprint density at radius 1 is 0.769 bits per heavy atom. The lowest BCUT2D eigenvalue weighted by Crippen LogP contribution is -2.38. The molecule has 0 amide bonds. The summed E-state index contributed by atoms with van der Waals surface area (Å²) >= 11 is 0. The highest BCUT2D eigenvalue weighted by atomic mass is 19.1. The number of benzene rings is 5. The van der Waals surface area contributed by atoms with E-state index >= 15 is 0 Å². The van der Waals surface area contributed by atoms with Gasteiger partial charge in [-0.2, -0.15) is 0 Å². The van der Waals surface area contributed by atoms with Crippen molar-refractivity contribution in [3.05, 3.63) is 171 Å². The van der Waals surface area contributed by atoms with E-state index in [1.807, 2.05) is 91.0 Å². The topological polar surface area (TPSA) is 105 Å². The summed E-state index contributed by atoms with van der Waals surface area (Å²) in [6.07, 6.45) is 0. The molecule has 192 valence electrons. The van der Waals surface area contributed by atoms with Gasteiger partial charge in [0, 0.05) is 28.9 Å². The van der Waals surface area contributed by atoms with Gasteiger partial charge in [0.05, 0.1) is 16.3 Å². The van der Waals surface area contributed by atoms with Crippen molar-refractivity contribution >= 4 is 22.8 Å². The number of nitrogens with zero attached hydrogens (tertiary/aromatic N) is 1. The van der Waals surface area contributed by atoms with Crippen LogP contribution in [0.5, 0.6) is 0 Å². The van der Waals surface area contributed by atoms with Crippen molar-refractivity contribution in [2.75, 3.05) is 11.1 Å². The van der Waals surface area contributed by atoms with E-state index in [-0.39, 0.29) is 22.6 Å². The van der Waals surface area contributed by atoms with Crippen LogP contribution in [0.1, 0.15) is 27.8 Å². The summed E-state index contributed by atoms with van der Waals surface area (Å²) < 4.78 is 13.9. The minimum absolute atomic E-state index is 0.0315. The molecule has 5 rings (SSSR count). The fraction of sp³-hybridized carbons (Fsp3) is 0.0312. The summed E-state index contributed by atoms with van der Waals surface area (Å²) in [5.41, 5.74) is 8.47. The molecule has 0 saturated carbocycles. The zero-order valence-electron chi connectivity index (χ0n) is 20.8. The van der Waals surface area contributed by atoms with Crippen LogP contribution in [0.2, 0.25) is 0 Å². The molecule has 39 heavy (non-hydrogen) atoms. The Balaban J connectivity index is 1.77. The Hall–Kier alpha value is -5.30. The molecule has 0 saturated heterocycles. The Bertz CT molecular complexity index is 1550. The first kappa shape index (κ1) is 25.4. The zero-order chi connectivity index (χ0) is 27.4. The van der Waals surface area contributed by atoms with E-state index in [0.29, 0.717) is 11.3 Å². The monoisotopic (exact) mass is 516 g/mol. The van der Waals surface area contributed by atoms with Gasteiger partial charge in [0.25, 0.3) is 5.69 Å². The lowest BCUT2D eigenvalue weighted by Gasteiger charge is -2.38. The lowest BCUT2D eigenvalue weighted by molar-refractivity contribution is -0.384. The molecular weight excluding hydrogens is 491 g/mol. The molecule has 5 aromatic rings. The number of hydrogen-bond donors (Lipinski definition) is 3. The molecule has 0 spiro atoms. The first-order valence-corrected chi connectivity index (χ1v) is 12.3. The summed E-state index contributed by atoms with van der Waals surface area (Å²) in [6.45, 7) is 0. The van der Waals surface area contributed by atoms with Gasteiger partial charge in [-0.3, -0.25) is 15.5 Å². The maximum atomic E-state index is 13.9. The number of nitro benzene ring substituents is 1. The number of hydrogen-bond acceptors (Lipinski definition) is 5. The maximum Gasteiger partial charge on any atom is 0.270 e. The van der Waals surface area contributed by atoms with Crippen LogP contribution in [0.3, 0.4) is 0 Å². The van der Waals surface area contributed by atoms with Crippen LogP contribution in [0, 0.1) is 21.3 Å². The third-order valence-electron chi connectivity index (χ3n) is 6.71. The lowest BCUT2D eigenvalue weighted by atomic mass is 9.76. The minimum atomic E-state index is -0.920. The smallest absolute Gasteiger partial charge is 0.270 e. The average molecular weight is 517 g/mol. The zero-order valence-corrected chi connectivity index (χ0v) is 20.8. The highest BCUT2D eigenvalue weighted by molar-refractivity contribution is 6.14. The molecule has 0 unspecified atom stereocenters. The quantitative estimate of drug-likeness (QED) is 0.0670. The van der Waals surface area contributed by atoms with Crippen molar-refractivity contribution in [1.82, 2.24) is 0 Å². The minimum Gasteiger partial charge on any atom is -0.396 e. The summed E-state index contributed by atoms with van der Waals surface area (Å²) in [5, 5.41) is 24.4. The van der Waals surface area contributed by atoms with E-state index in [1.54, 1.807) is 6.07 Å². The molecule has 7 heteroatoms. The maximum absolute atomic E-state index is 13.9. The first-order valence-electron chi connectivity index (χ1n) is 12.3. The number of nitrogens with one attached hydrogen (secondary N) is 2. The van der Waals surface area contributed by atoms with Crippen molar-refractivity contribution in [3.8, 4) is 0 Å². The van der Waals surface area contributed by atoms with Gasteiger partial charge in [-0.25, -0.2) is 4.39 Å². The first-order chi connectivity index (χ1) is 18.9. The summed E-state index contributed by atoms with van der Waals surface area (Å²) in [7, 11) is 0. The van der Waals surface area contributed by atoms with Crippen molar-refractivity contribution in [3.63, 3.8) is 0 Å². The fourth-order valence-corrected chi connectivity index (χ4v) is 4.80. The van der Waals surface area contributed by atoms with E-state index < -0.39 is 16.3 Å². The molecule has 0 aromatic heterocycles. The van der Waals surface area contributed by atoms with Gasteiger partial charge in [-0.05, 0) is 41.0 Å². The van der Waals surface area contributed by atoms with Crippen molar-refractivity contribution in [2.45, 2.75) is 5.54 Å². The second-order valence-electron chi connectivity index (χ2n) is 9.07. The Labute approximate surface area is 225 Å². The predicted molar refractivity (Wildman–Crippen MR) is 153 cm³/mol. The largest absolute Gasteiger partial charge is 0.396 e. The number of nitro groups is 1. The SMILES string of the molecule is N=C(c1ccc(F)c(N)c1)c1cc([N+](=O)[O-])ccc1NC(c1ccccc1)(c1ccccc1)c1ccccc1.